The summed E-state index contributed by atoms with van der Waals surface area (Å²) in [5, 5.41) is 10.9. The van der Waals surface area contributed by atoms with Crippen molar-refractivity contribution in [2.45, 2.75) is 51.1 Å². The third-order valence-electron chi connectivity index (χ3n) is 4.06. The SMILES string of the molecule is CC(NC(=O)C1CCCCC1(C)N)c1nncn1C.Cl.Cl. The quantitative estimate of drug-likeness (QED) is 0.879. The van der Waals surface area contributed by atoms with Crippen LogP contribution in [0, 0.1) is 5.92 Å². The molecule has 21 heavy (non-hydrogen) atoms. The minimum Gasteiger partial charge on any atom is -0.346 e. The summed E-state index contributed by atoms with van der Waals surface area (Å²) in [6.07, 6.45) is 5.58. The maximum Gasteiger partial charge on any atom is 0.225 e. The number of amides is 1. The van der Waals surface area contributed by atoms with Crippen LogP contribution in [0.2, 0.25) is 0 Å². The zero-order chi connectivity index (χ0) is 14.0. The van der Waals surface area contributed by atoms with Gasteiger partial charge in [-0.05, 0) is 26.7 Å². The van der Waals surface area contributed by atoms with Gasteiger partial charge >= 0.3 is 0 Å². The van der Waals surface area contributed by atoms with Crippen molar-refractivity contribution in [3.05, 3.63) is 12.2 Å². The fourth-order valence-corrected chi connectivity index (χ4v) is 2.85. The van der Waals surface area contributed by atoms with E-state index in [0.29, 0.717) is 0 Å². The number of rotatable bonds is 3. The van der Waals surface area contributed by atoms with Crippen molar-refractivity contribution in [1.29, 1.82) is 0 Å². The van der Waals surface area contributed by atoms with E-state index in [4.69, 9.17) is 5.73 Å². The molecular formula is C13H25Cl2N5O. The van der Waals surface area contributed by atoms with E-state index >= 15 is 0 Å². The topological polar surface area (TPSA) is 85.8 Å². The first-order chi connectivity index (χ1) is 8.92. The van der Waals surface area contributed by atoms with E-state index in [1.54, 1.807) is 6.33 Å². The molecule has 0 spiro atoms. The lowest BCUT2D eigenvalue weighted by atomic mass is 9.74. The van der Waals surface area contributed by atoms with Crippen LogP contribution < -0.4 is 11.1 Å². The monoisotopic (exact) mass is 337 g/mol. The number of carbonyl (C=O) groups excluding carboxylic acids is 1. The highest BCUT2D eigenvalue weighted by Gasteiger charge is 2.38. The summed E-state index contributed by atoms with van der Waals surface area (Å²) in [7, 11) is 1.87. The van der Waals surface area contributed by atoms with Gasteiger partial charge in [-0.15, -0.1) is 35.0 Å². The Morgan fingerprint density at radius 1 is 1.52 bits per heavy atom. The summed E-state index contributed by atoms with van der Waals surface area (Å²) in [6, 6.07) is -0.155. The first kappa shape index (κ1) is 20.1. The molecule has 1 fully saturated rings. The minimum atomic E-state index is -0.401. The summed E-state index contributed by atoms with van der Waals surface area (Å²) in [4.78, 5) is 12.4. The number of hydrogen-bond donors (Lipinski definition) is 2. The molecule has 0 aromatic carbocycles. The second-order valence-corrected chi connectivity index (χ2v) is 5.83. The van der Waals surface area contributed by atoms with Gasteiger partial charge < -0.3 is 15.6 Å². The molecule has 0 bridgehead atoms. The van der Waals surface area contributed by atoms with Crippen molar-refractivity contribution >= 4 is 30.7 Å². The largest absolute Gasteiger partial charge is 0.346 e. The Balaban J connectivity index is 0.00000200. The zero-order valence-corrected chi connectivity index (χ0v) is 14.3. The zero-order valence-electron chi connectivity index (χ0n) is 12.7. The minimum absolute atomic E-state index is 0. The molecule has 1 saturated carbocycles. The van der Waals surface area contributed by atoms with E-state index in [1.165, 1.54) is 0 Å². The van der Waals surface area contributed by atoms with Gasteiger partial charge in [0.2, 0.25) is 5.91 Å². The van der Waals surface area contributed by atoms with Crippen molar-refractivity contribution in [2.24, 2.45) is 18.7 Å². The highest BCUT2D eigenvalue weighted by molar-refractivity contribution is 5.85. The molecule has 8 heteroatoms. The number of halogens is 2. The first-order valence-electron chi connectivity index (χ1n) is 6.85. The Morgan fingerprint density at radius 3 is 2.71 bits per heavy atom. The van der Waals surface area contributed by atoms with Crippen LogP contribution in [0.25, 0.3) is 0 Å². The normalized spacial score (nSPS) is 26.2. The molecule has 1 amide bonds. The Bertz CT molecular complexity index is 463. The number of nitrogens with one attached hydrogen (secondary N) is 1. The van der Waals surface area contributed by atoms with Crippen molar-refractivity contribution in [2.75, 3.05) is 0 Å². The van der Waals surface area contributed by atoms with Crippen molar-refractivity contribution in [3.63, 3.8) is 0 Å². The van der Waals surface area contributed by atoms with E-state index in [1.807, 2.05) is 25.5 Å². The van der Waals surface area contributed by atoms with Gasteiger partial charge in [0.25, 0.3) is 0 Å². The van der Waals surface area contributed by atoms with Gasteiger partial charge in [0.15, 0.2) is 5.82 Å². The number of nitrogens with two attached hydrogens (primary N) is 1. The third kappa shape index (κ3) is 4.56. The lowest BCUT2D eigenvalue weighted by molar-refractivity contribution is -0.128. The number of aryl methyl sites for hydroxylation is 1. The maximum absolute atomic E-state index is 12.4. The molecule has 3 N–H and O–H groups in total. The maximum atomic E-state index is 12.4. The van der Waals surface area contributed by atoms with Crippen LogP contribution >= 0.6 is 24.8 Å². The lowest BCUT2D eigenvalue weighted by Gasteiger charge is -2.37. The lowest BCUT2D eigenvalue weighted by Crippen LogP contribution is -2.53. The molecule has 0 saturated heterocycles. The van der Waals surface area contributed by atoms with Gasteiger partial charge in [0.05, 0.1) is 12.0 Å². The average Bonchev–Trinajstić information content (AvgIpc) is 2.74. The number of aromatic nitrogens is 3. The molecule has 3 atom stereocenters. The van der Waals surface area contributed by atoms with Crippen LogP contribution in [0.1, 0.15) is 51.4 Å². The average molecular weight is 338 g/mol. The van der Waals surface area contributed by atoms with E-state index in [-0.39, 0.29) is 42.7 Å². The van der Waals surface area contributed by atoms with E-state index < -0.39 is 5.54 Å². The van der Waals surface area contributed by atoms with Gasteiger partial charge in [0.1, 0.15) is 6.33 Å². The Labute approximate surface area is 138 Å². The van der Waals surface area contributed by atoms with Crippen LogP contribution in [0.3, 0.4) is 0 Å². The molecule has 1 aliphatic carbocycles. The second kappa shape index (κ2) is 7.96. The fourth-order valence-electron chi connectivity index (χ4n) is 2.85. The molecule has 2 rings (SSSR count). The van der Waals surface area contributed by atoms with E-state index in [0.717, 1.165) is 31.5 Å². The third-order valence-corrected chi connectivity index (χ3v) is 4.06. The first-order valence-corrected chi connectivity index (χ1v) is 6.85. The second-order valence-electron chi connectivity index (χ2n) is 5.83. The molecule has 1 aromatic heterocycles. The smallest absolute Gasteiger partial charge is 0.225 e. The predicted molar refractivity (Wildman–Crippen MR) is 86.6 cm³/mol. The molecule has 6 nitrogen and oxygen atoms in total. The van der Waals surface area contributed by atoms with Crippen LogP contribution in [0.4, 0.5) is 0 Å². The van der Waals surface area contributed by atoms with Crippen LogP contribution in [0.5, 0.6) is 0 Å². The van der Waals surface area contributed by atoms with Gasteiger partial charge in [-0.2, -0.15) is 0 Å². The summed E-state index contributed by atoms with van der Waals surface area (Å²) >= 11 is 0. The van der Waals surface area contributed by atoms with Crippen LogP contribution in [0.15, 0.2) is 6.33 Å². The number of carbonyl (C=O) groups is 1. The summed E-state index contributed by atoms with van der Waals surface area (Å²) < 4.78 is 1.81. The van der Waals surface area contributed by atoms with E-state index in [9.17, 15) is 4.79 Å². The van der Waals surface area contributed by atoms with Crippen LogP contribution in [-0.2, 0) is 11.8 Å². The van der Waals surface area contributed by atoms with Crippen molar-refractivity contribution < 1.29 is 4.79 Å². The predicted octanol–water partition coefficient (Wildman–Crippen LogP) is 1.74. The molecule has 0 radical (unpaired) electrons. The Hall–Kier alpha value is -0.850. The summed E-state index contributed by atoms with van der Waals surface area (Å²) in [6.45, 7) is 3.89. The molecule has 1 aliphatic rings. The van der Waals surface area contributed by atoms with Gasteiger partial charge in [0, 0.05) is 12.6 Å². The summed E-state index contributed by atoms with van der Waals surface area (Å²) in [5.74, 6) is 0.667. The summed E-state index contributed by atoms with van der Waals surface area (Å²) in [5.41, 5.74) is 5.85. The molecule has 1 aromatic rings. The fraction of sp³-hybridized carbons (Fsp3) is 0.769. The van der Waals surface area contributed by atoms with Gasteiger partial charge in [-0.1, -0.05) is 12.8 Å². The van der Waals surface area contributed by atoms with E-state index in [2.05, 4.69) is 15.5 Å². The van der Waals surface area contributed by atoms with Gasteiger partial charge in [-0.3, -0.25) is 4.79 Å². The van der Waals surface area contributed by atoms with Crippen LogP contribution in [-0.4, -0.2) is 26.2 Å². The number of nitrogens with zero attached hydrogens (tertiary/aromatic N) is 3. The Kier molecular flexibility index (Phi) is 7.64. The van der Waals surface area contributed by atoms with Gasteiger partial charge in [-0.25, -0.2) is 0 Å². The molecule has 1 heterocycles. The highest BCUT2D eigenvalue weighted by Crippen LogP contribution is 2.32. The molecule has 0 aliphatic heterocycles. The number of hydrogen-bond acceptors (Lipinski definition) is 4. The Morgan fingerprint density at radius 2 is 2.19 bits per heavy atom. The molecule has 3 unspecified atom stereocenters. The van der Waals surface area contributed by atoms with Crippen molar-refractivity contribution in [1.82, 2.24) is 20.1 Å². The standard InChI is InChI=1S/C13H23N5O.2ClH/c1-9(11-17-15-8-18(11)3)16-12(19)10-6-4-5-7-13(10,2)14;;/h8-10H,4-7,14H2,1-3H3,(H,16,19);2*1H. The molecular weight excluding hydrogens is 313 g/mol. The molecule has 122 valence electrons. The highest BCUT2D eigenvalue weighted by atomic mass is 35.5. The van der Waals surface area contributed by atoms with Crippen molar-refractivity contribution in [3.8, 4) is 0 Å².